The second kappa shape index (κ2) is 17.0. The van der Waals surface area contributed by atoms with Crippen LogP contribution in [0, 0.1) is 0 Å². The minimum absolute atomic E-state index is 0.752. The summed E-state index contributed by atoms with van der Waals surface area (Å²) in [5.41, 5.74) is 3.94. The maximum atomic E-state index is 5.27. The highest BCUT2D eigenvalue weighted by atomic mass is 16.5. The first kappa shape index (κ1) is 33.3. The molecular weight excluding hydrogens is 560 g/mol. The minimum Gasteiger partial charge on any atom is -0.497 e. The molecule has 4 aromatic rings. The van der Waals surface area contributed by atoms with Gasteiger partial charge in [0, 0.05) is 24.3 Å². The van der Waals surface area contributed by atoms with Crippen LogP contribution < -0.4 is 37.9 Å². The van der Waals surface area contributed by atoms with Gasteiger partial charge in [0.05, 0.1) is 56.9 Å². The minimum atomic E-state index is 0.752. The Balaban J connectivity index is 0.000000240. The molecule has 0 saturated carbocycles. The molecule has 8 nitrogen and oxygen atoms in total. The Labute approximate surface area is 260 Å². The van der Waals surface area contributed by atoms with Crippen molar-refractivity contribution in [3.63, 3.8) is 0 Å². The molecule has 0 bridgehead atoms. The van der Waals surface area contributed by atoms with Gasteiger partial charge in [-0.1, -0.05) is 24.3 Å². The first-order valence-corrected chi connectivity index (χ1v) is 13.6. The van der Waals surface area contributed by atoms with Crippen molar-refractivity contribution in [3.05, 3.63) is 95.1 Å². The van der Waals surface area contributed by atoms with E-state index >= 15 is 0 Å². The Hall–Kier alpha value is -5.24. The fraction of sp³-hybridized carbons (Fsp3) is 0.222. The van der Waals surface area contributed by atoms with Gasteiger partial charge < -0.3 is 37.9 Å². The number of ether oxygens (including phenoxy) is 8. The molecular formula is C36H40O8. The molecule has 0 spiro atoms. The lowest BCUT2D eigenvalue weighted by molar-refractivity contribution is 0.394. The van der Waals surface area contributed by atoms with Gasteiger partial charge in [-0.2, -0.15) is 0 Å². The van der Waals surface area contributed by atoms with Crippen LogP contribution in [0.5, 0.6) is 46.0 Å². The van der Waals surface area contributed by atoms with Gasteiger partial charge >= 0.3 is 0 Å². The van der Waals surface area contributed by atoms with E-state index in [4.69, 9.17) is 37.9 Å². The van der Waals surface area contributed by atoms with Crippen LogP contribution in [0.25, 0.3) is 24.3 Å². The molecule has 0 saturated heterocycles. The normalized spacial score (nSPS) is 10.5. The molecule has 0 radical (unpaired) electrons. The summed E-state index contributed by atoms with van der Waals surface area (Å²) in [5, 5.41) is 0. The Bertz CT molecular complexity index is 1240. The van der Waals surface area contributed by atoms with Crippen LogP contribution >= 0.6 is 0 Å². The summed E-state index contributed by atoms with van der Waals surface area (Å²) in [4.78, 5) is 0. The lowest BCUT2D eigenvalue weighted by Gasteiger charge is -2.07. The number of methoxy groups -OCH3 is 8. The maximum Gasteiger partial charge on any atom is 0.123 e. The van der Waals surface area contributed by atoms with Crippen LogP contribution in [-0.2, 0) is 0 Å². The van der Waals surface area contributed by atoms with E-state index in [2.05, 4.69) is 0 Å². The summed E-state index contributed by atoms with van der Waals surface area (Å²) in [7, 11) is 13.1. The van der Waals surface area contributed by atoms with Crippen LogP contribution in [-0.4, -0.2) is 56.9 Å². The maximum absolute atomic E-state index is 5.27. The van der Waals surface area contributed by atoms with Crippen LogP contribution in [0.4, 0.5) is 0 Å². The van der Waals surface area contributed by atoms with Gasteiger partial charge in [0.15, 0.2) is 0 Å². The smallest absolute Gasteiger partial charge is 0.123 e. The molecule has 8 heteroatoms. The summed E-state index contributed by atoms with van der Waals surface area (Å²) in [6.45, 7) is 0. The van der Waals surface area contributed by atoms with Crippen molar-refractivity contribution >= 4 is 24.3 Å². The number of benzene rings is 4. The molecule has 0 aromatic heterocycles. The Kier molecular flexibility index (Phi) is 12.9. The predicted octanol–water partition coefficient (Wildman–Crippen LogP) is 7.78. The van der Waals surface area contributed by atoms with Crippen molar-refractivity contribution in [1.29, 1.82) is 0 Å². The zero-order valence-corrected chi connectivity index (χ0v) is 26.5. The summed E-state index contributed by atoms with van der Waals surface area (Å²) in [6.07, 6.45) is 7.94. The Morgan fingerprint density at radius 1 is 0.250 bits per heavy atom. The topological polar surface area (TPSA) is 73.8 Å². The second-order valence-corrected chi connectivity index (χ2v) is 9.25. The van der Waals surface area contributed by atoms with E-state index in [0.29, 0.717) is 0 Å². The van der Waals surface area contributed by atoms with Crippen LogP contribution in [0.2, 0.25) is 0 Å². The van der Waals surface area contributed by atoms with Gasteiger partial charge in [0.2, 0.25) is 0 Å². The zero-order chi connectivity index (χ0) is 31.9. The van der Waals surface area contributed by atoms with Gasteiger partial charge in [0.25, 0.3) is 0 Å². The van der Waals surface area contributed by atoms with Gasteiger partial charge in [-0.15, -0.1) is 0 Å². The van der Waals surface area contributed by atoms with Crippen molar-refractivity contribution in [2.24, 2.45) is 0 Å². The second-order valence-electron chi connectivity index (χ2n) is 9.25. The third kappa shape index (κ3) is 9.94. The van der Waals surface area contributed by atoms with E-state index in [-0.39, 0.29) is 0 Å². The fourth-order valence-electron chi connectivity index (χ4n) is 4.09. The molecule has 4 rings (SSSR count). The third-order valence-corrected chi connectivity index (χ3v) is 6.43. The standard InChI is InChI=1S/2C18H20O4/c2*1-19-15-7-13(8-16(11-15)20-2)5-6-14-9-17(21-3)12-18(10-14)22-4/h2*5-12H,1-4H3/b2*6-5+. The number of rotatable bonds is 12. The molecule has 44 heavy (non-hydrogen) atoms. The zero-order valence-electron chi connectivity index (χ0n) is 26.5. The lowest BCUT2D eigenvalue weighted by Crippen LogP contribution is -1.89. The SMILES string of the molecule is COc1cc(/C=C/c2cc(OC)cc(OC)c2)cc(OC)c1.COc1cc(/C=C/c2cc(OC)cc(OC)c2)cc(OC)c1. The van der Waals surface area contributed by atoms with E-state index in [1.165, 1.54) is 0 Å². The Morgan fingerprint density at radius 2 is 0.386 bits per heavy atom. The molecule has 0 fully saturated rings. The van der Waals surface area contributed by atoms with Crippen molar-refractivity contribution in [2.75, 3.05) is 56.9 Å². The predicted molar refractivity (Wildman–Crippen MR) is 176 cm³/mol. The van der Waals surface area contributed by atoms with E-state index < -0.39 is 0 Å². The molecule has 0 aliphatic heterocycles. The van der Waals surface area contributed by atoms with E-state index in [9.17, 15) is 0 Å². The van der Waals surface area contributed by atoms with Crippen LogP contribution in [0.1, 0.15) is 22.3 Å². The van der Waals surface area contributed by atoms with Crippen LogP contribution in [0.3, 0.4) is 0 Å². The van der Waals surface area contributed by atoms with Gasteiger partial charge in [-0.25, -0.2) is 0 Å². The molecule has 0 heterocycles. The van der Waals surface area contributed by atoms with E-state index in [0.717, 1.165) is 68.2 Å². The summed E-state index contributed by atoms with van der Waals surface area (Å²) >= 11 is 0. The van der Waals surface area contributed by atoms with Gasteiger partial charge in [0.1, 0.15) is 46.0 Å². The molecule has 0 unspecified atom stereocenters. The van der Waals surface area contributed by atoms with Crippen molar-refractivity contribution in [1.82, 2.24) is 0 Å². The fourth-order valence-corrected chi connectivity index (χ4v) is 4.09. The molecule has 0 N–H and O–H groups in total. The van der Waals surface area contributed by atoms with E-state index in [1.807, 2.05) is 97.1 Å². The van der Waals surface area contributed by atoms with Crippen molar-refractivity contribution in [2.45, 2.75) is 0 Å². The monoisotopic (exact) mass is 600 g/mol. The van der Waals surface area contributed by atoms with Crippen molar-refractivity contribution in [3.8, 4) is 46.0 Å². The molecule has 232 valence electrons. The number of hydrogen-bond donors (Lipinski definition) is 0. The first-order chi connectivity index (χ1) is 21.4. The first-order valence-electron chi connectivity index (χ1n) is 13.6. The Morgan fingerprint density at radius 3 is 0.500 bits per heavy atom. The molecule has 0 amide bonds. The number of hydrogen-bond acceptors (Lipinski definition) is 8. The highest BCUT2D eigenvalue weighted by molar-refractivity contribution is 5.73. The van der Waals surface area contributed by atoms with Crippen LogP contribution in [0.15, 0.2) is 72.8 Å². The third-order valence-electron chi connectivity index (χ3n) is 6.43. The van der Waals surface area contributed by atoms with Crippen molar-refractivity contribution < 1.29 is 37.9 Å². The van der Waals surface area contributed by atoms with Gasteiger partial charge in [-0.3, -0.25) is 0 Å². The quantitative estimate of drug-likeness (QED) is 0.153. The van der Waals surface area contributed by atoms with E-state index in [1.54, 1.807) is 56.9 Å². The average Bonchev–Trinajstić information content (AvgIpc) is 3.09. The molecule has 0 aliphatic carbocycles. The summed E-state index contributed by atoms with van der Waals surface area (Å²) in [5.74, 6) is 6.02. The average molecular weight is 601 g/mol. The van der Waals surface area contributed by atoms with Gasteiger partial charge in [-0.05, 0) is 70.8 Å². The highest BCUT2D eigenvalue weighted by Crippen LogP contribution is 2.28. The summed E-state index contributed by atoms with van der Waals surface area (Å²) in [6, 6.07) is 22.9. The molecule has 0 aliphatic rings. The largest absolute Gasteiger partial charge is 0.497 e. The molecule has 0 atom stereocenters. The summed E-state index contributed by atoms with van der Waals surface area (Å²) < 4.78 is 42.1. The lowest BCUT2D eigenvalue weighted by atomic mass is 10.1. The molecule has 4 aromatic carbocycles. The highest BCUT2D eigenvalue weighted by Gasteiger charge is 2.03.